The van der Waals surface area contributed by atoms with Crippen molar-refractivity contribution in [1.82, 2.24) is 4.73 Å². The van der Waals surface area contributed by atoms with Gasteiger partial charge in [0, 0.05) is 12.3 Å². The second-order valence-electron chi connectivity index (χ2n) is 3.83. The van der Waals surface area contributed by atoms with Gasteiger partial charge in [0.1, 0.15) is 6.61 Å². The highest BCUT2D eigenvalue weighted by atomic mass is 19.4. The molecule has 0 amide bonds. The molecule has 6 heteroatoms. The predicted molar refractivity (Wildman–Crippen MR) is 62.4 cm³/mol. The molecule has 2 aromatic rings. The van der Waals surface area contributed by atoms with Crippen molar-refractivity contribution in [3.63, 3.8) is 0 Å². The van der Waals surface area contributed by atoms with Crippen LogP contribution in [0.5, 0.6) is 0 Å². The maximum absolute atomic E-state index is 12.3. The highest BCUT2D eigenvalue weighted by molar-refractivity contribution is 5.24. The number of hydrogen-bond donors (Lipinski definition) is 0. The van der Waals surface area contributed by atoms with Crippen molar-refractivity contribution in [1.29, 1.82) is 0 Å². The van der Waals surface area contributed by atoms with Crippen molar-refractivity contribution >= 4 is 0 Å². The Balaban J connectivity index is 2.05. The smallest absolute Gasteiger partial charge is 0.406 e. The number of nitrogens with zero attached hydrogens (tertiary/aromatic N) is 1. The number of rotatable bonds is 3. The molecule has 0 fully saturated rings. The number of aromatic nitrogens is 1. The molecule has 0 saturated heterocycles. The summed E-state index contributed by atoms with van der Waals surface area (Å²) < 4.78 is 38.1. The van der Waals surface area contributed by atoms with Crippen LogP contribution >= 0.6 is 0 Å². The summed E-state index contributed by atoms with van der Waals surface area (Å²) in [7, 11) is 0. The summed E-state index contributed by atoms with van der Waals surface area (Å²) >= 11 is 0. The largest absolute Gasteiger partial charge is 0.416 e. The highest BCUT2D eigenvalue weighted by Crippen LogP contribution is 2.29. The van der Waals surface area contributed by atoms with Gasteiger partial charge in [-0.3, -0.25) is 4.79 Å². The monoisotopic (exact) mass is 269 g/mol. The second kappa shape index (κ2) is 5.17. The third kappa shape index (κ3) is 3.37. The molecule has 0 saturated carbocycles. The standard InChI is InChI=1S/C13H10F3NO2/c14-13(15,16)11-6-4-10(5-7-11)9-19-17-8-2-1-3-12(17)18/h1-8H,9H2. The Morgan fingerprint density at radius 1 is 1.05 bits per heavy atom. The first kappa shape index (κ1) is 13.2. The Kier molecular flexibility index (Phi) is 3.59. The van der Waals surface area contributed by atoms with Crippen LogP contribution in [0.3, 0.4) is 0 Å². The lowest BCUT2D eigenvalue weighted by atomic mass is 10.1. The van der Waals surface area contributed by atoms with Crippen LogP contribution in [-0.2, 0) is 12.8 Å². The van der Waals surface area contributed by atoms with Gasteiger partial charge in [-0.2, -0.15) is 17.9 Å². The average Bonchev–Trinajstić information content (AvgIpc) is 2.37. The zero-order valence-electron chi connectivity index (χ0n) is 9.72. The molecule has 1 aromatic carbocycles. The first-order chi connectivity index (χ1) is 8.97. The van der Waals surface area contributed by atoms with Gasteiger partial charge in [-0.1, -0.05) is 18.2 Å². The summed E-state index contributed by atoms with van der Waals surface area (Å²) in [5, 5.41) is 0. The Morgan fingerprint density at radius 2 is 1.74 bits per heavy atom. The van der Waals surface area contributed by atoms with Gasteiger partial charge in [0.25, 0.3) is 5.56 Å². The van der Waals surface area contributed by atoms with Gasteiger partial charge in [0.05, 0.1) is 5.56 Å². The van der Waals surface area contributed by atoms with Crippen LogP contribution in [0.2, 0.25) is 0 Å². The summed E-state index contributed by atoms with van der Waals surface area (Å²) in [5.74, 6) is 0. The summed E-state index contributed by atoms with van der Waals surface area (Å²) in [6.07, 6.45) is -2.91. The van der Waals surface area contributed by atoms with Crippen molar-refractivity contribution in [2.24, 2.45) is 0 Å². The molecule has 0 aliphatic rings. The van der Waals surface area contributed by atoms with E-state index in [1.165, 1.54) is 24.4 Å². The van der Waals surface area contributed by atoms with Gasteiger partial charge in [-0.05, 0) is 23.8 Å². The zero-order chi connectivity index (χ0) is 13.9. The number of alkyl halides is 3. The van der Waals surface area contributed by atoms with Crippen molar-refractivity contribution < 1.29 is 18.0 Å². The Morgan fingerprint density at radius 3 is 2.32 bits per heavy atom. The third-order valence-corrected chi connectivity index (χ3v) is 2.44. The van der Waals surface area contributed by atoms with E-state index in [-0.39, 0.29) is 12.2 Å². The Labute approximate surface area is 106 Å². The molecule has 0 N–H and O–H groups in total. The van der Waals surface area contributed by atoms with E-state index >= 15 is 0 Å². The summed E-state index contributed by atoms with van der Waals surface area (Å²) in [4.78, 5) is 16.5. The fourth-order valence-corrected chi connectivity index (χ4v) is 1.45. The molecule has 0 atom stereocenters. The van der Waals surface area contributed by atoms with Crippen LogP contribution in [0.1, 0.15) is 11.1 Å². The van der Waals surface area contributed by atoms with Crippen molar-refractivity contribution in [2.75, 3.05) is 0 Å². The molecular weight excluding hydrogens is 259 g/mol. The number of halogens is 3. The van der Waals surface area contributed by atoms with E-state index in [2.05, 4.69) is 0 Å². The quantitative estimate of drug-likeness (QED) is 0.857. The van der Waals surface area contributed by atoms with E-state index in [0.717, 1.165) is 16.9 Å². The Bertz CT molecular complexity index is 602. The van der Waals surface area contributed by atoms with E-state index in [4.69, 9.17) is 4.84 Å². The maximum atomic E-state index is 12.3. The van der Waals surface area contributed by atoms with E-state index < -0.39 is 11.7 Å². The highest BCUT2D eigenvalue weighted by Gasteiger charge is 2.29. The van der Waals surface area contributed by atoms with Crippen molar-refractivity contribution in [3.05, 3.63) is 70.1 Å². The number of hydrogen-bond acceptors (Lipinski definition) is 2. The molecular formula is C13H10F3NO2. The van der Waals surface area contributed by atoms with E-state index in [9.17, 15) is 18.0 Å². The molecule has 0 bridgehead atoms. The van der Waals surface area contributed by atoms with Crippen molar-refractivity contribution in [2.45, 2.75) is 12.8 Å². The second-order valence-corrected chi connectivity index (χ2v) is 3.83. The van der Waals surface area contributed by atoms with E-state index in [1.54, 1.807) is 12.1 Å². The predicted octanol–water partition coefficient (Wildman–Crippen LogP) is 2.50. The molecule has 0 aliphatic carbocycles. The van der Waals surface area contributed by atoms with Gasteiger partial charge in [-0.15, -0.1) is 0 Å². The van der Waals surface area contributed by atoms with E-state index in [1.807, 2.05) is 0 Å². The topological polar surface area (TPSA) is 31.2 Å². The summed E-state index contributed by atoms with van der Waals surface area (Å²) in [5.41, 5.74) is -0.508. The van der Waals surface area contributed by atoms with Crippen LogP contribution < -0.4 is 10.4 Å². The van der Waals surface area contributed by atoms with Crippen LogP contribution in [-0.4, -0.2) is 4.73 Å². The first-order valence-electron chi connectivity index (χ1n) is 5.44. The molecule has 0 spiro atoms. The number of pyridine rings is 1. The fourth-order valence-electron chi connectivity index (χ4n) is 1.45. The van der Waals surface area contributed by atoms with Crippen LogP contribution in [0.4, 0.5) is 13.2 Å². The van der Waals surface area contributed by atoms with Gasteiger partial charge < -0.3 is 4.84 Å². The fraction of sp³-hybridized carbons (Fsp3) is 0.154. The minimum atomic E-state index is -4.35. The summed E-state index contributed by atoms with van der Waals surface area (Å²) in [6, 6.07) is 9.10. The van der Waals surface area contributed by atoms with Crippen molar-refractivity contribution in [3.8, 4) is 0 Å². The SMILES string of the molecule is O=c1ccccn1OCc1ccc(C(F)(F)F)cc1. The molecule has 1 heterocycles. The molecule has 0 aliphatic heterocycles. The van der Waals surface area contributed by atoms with Crippen LogP contribution in [0.15, 0.2) is 53.5 Å². The molecule has 0 radical (unpaired) electrons. The average molecular weight is 269 g/mol. The molecule has 0 unspecified atom stereocenters. The zero-order valence-corrected chi connectivity index (χ0v) is 9.72. The van der Waals surface area contributed by atoms with Gasteiger partial charge >= 0.3 is 6.18 Å². The lowest BCUT2D eigenvalue weighted by Gasteiger charge is -2.09. The minimum absolute atomic E-state index is 0.0159. The molecule has 19 heavy (non-hydrogen) atoms. The van der Waals surface area contributed by atoms with Gasteiger partial charge in [-0.25, -0.2) is 0 Å². The molecule has 1 aromatic heterocycles. The van der Waals surface area contributed by atoms with Gasteiger partial charge in [0.2, 0.25) is 0 Å². The molecule has 2 rings (SSSR count). The van der Waals surface area contributed by atoms with E-state index in [0.29, 0.717) is 5.56 Å². The van der Waals surface area contributed by atoms with Crippen LogP contribution in [0.25, 0.3) is 0 Å². The number of benzene rings is 1. The summed E-state index contributed by atoms with van der Waals surface area (Å²) in [6.45, 7) is 0.0159. The lowest BCUT2D eigenvalue weighted by Crippen LogP contribution is -2.24. The maximum Gasteiger partial charge on any atom is 0.416 e. The van der Waals surface area contributed by atoms with Gasteiger partial charge in [0.15, 0.2) is 0 Å². The molecule has 3 nitrogen and oxygen atoms in total. The lowest BCUT2D eigenvalue weighted by molar-refractivity contribution is -0.137. The van der Waals surface area contributed by atoms with Crippen LogP contribution in [0, 0.1) is 0 Å². The Hall–Kier alpha value is -2.24. The first-order valence-corrected chi connectivity index (χ1v) is 5.44. The third-order valence-electron chi connectivity index (χ3n) is 2.44. The molecule has 100 valence electrons. The normalized spacial score (nSPS) is 11.3. The minimum Gasteiger partial charge on any atom is -0.406 e.